The van der Waals surface area contributed by atoms with Crippen molar-refractivity contribution in [1.82, 2.24) is 19.9 Å². The summed E-state index contributed by atoms with van der Waals surface area (Å²) < 4.78 is 0. The monoisotopic (exact) mass is 358 g/mol. The molecule has 0 bridgehead atoms. The molecule has 3 atom stereocenters. The van der Waals surface area contributed by atoms with Gasteiger partial charge in [-0.05, 0) is 18.4 Å². The molecule has 2 aromatic rings. The van der Waals surface area contributed by atoms with Crippen LogP contribution in [0.4, 0.5) is 11.8 Å². The largest absolute Gasteiger partial charge is 0.368 e. The van der Waals surface area contributed by atoms with Gasteiger partial charge in [0, 0.05) is 19.8 Å². The van der Waals surface area contributed by atoms with Gasteiger partial charge in [0.25, 0.3) is 0 Å². The van der Waals surface area contributed by atoms with Crippen LogP contribution in [0.5, 0.6) is 0 Å². The maximum absolute atomic E-state index is 12.2. The average Bonchev–Trinajstić information content (AvgIpc) is 3.01. The molecule has 1 fully saturated rings. The van der Waals surface area contributed by atoms with E-state index in [1.54, 1.807) is 24.2 Å². The van der Waals surface area contributed by atoms with Gasteiger partial charge in [0.15, 0.2) is 0 Å². The van der Waals surface area contributed by atoms with Crippen LogP contribution in [0.15, 0.2) is 12.3 Å². The Morgan fingerprint density at radius 2 is 2.35 bits per heavy atom. The highest BCUT2D eigenvalue weighted by atomic mass is 16.3. The summed E-state index contributed by atoms with van der Waals surface area (Å²) in [7, 11) is 1.74. The zero-order valence-corrected chi connectivity index (χ0v) is 14.7. The first kappa shape index (κ1) is 17.9. The number of nitrogens with two attached hydrogens (primary N) is 2. The molecule has 2 aromatic heterocycles. The normalized spacial score (nSPS) is 25.9. The summed E-state index contributed by atoms with van der Waals surface area (Å²) in [6, 6.07) is 2.97. The summed E-state index contributed by atoms with van der Waals surface area (Å²) in [6.07, 6.45) is 2.01. The van der Waals surface area contributed by atoms with E-state index in [1.165, 1.54) is 0 Å². The number of amides is 1. The molecule has 0 radical (unpaired) electrons. The van der Waals surface area contributed by atoms with Crippen LogP contribution in [-0.2, 0) is 4.79 Å². The Kier molecular flexibility index (Phi) is 4.43. The van der Waals surface area contributed by atoms with Gasteiger partial charge in [-0.15, -0.1) is 0 Å². The number of aromatic amines is 1. The summed E-state index contributed by atoms with van der Waals surface area (Å²) in [5, 5.41) is 20.6. The van der Waals surface area contributed by atoms with Crippen LogP contribution in [0.3, 0.4) is 0 Å². The third kappa shape index (κ3) is 2.81. The number of hydrogen-bond donors (Lipinski definition) is 4. The summed E-state index contributed by atoms with van der Waals surface area (Å²) >= 11 is 0. The number of nitrogen functional groups attached to an aromatic ring is 1. The summed E-state index contributed by atoms with van der Waals surface area (Å²) in [5.74, 6) is -1.90. The number of nitriles is 1. The smallest absolute Gasteiger partial charge is 0.240 e. The quantitative estimate of drug-likeness (QED) is 0.545. The highest BCUT2D eigenvalue weighted by Crippen LogP contribution is 2.35. The SMILES string of the molecule is CC1CCN(C(=O)CC#N)C(N)(O)C1N(C)c1nc(N)nc2[nH]ccc12. The van der Waals surface area contributed by atoms with Crippen molar-refractivity contribution in [1.29, 1.82) is 5.26 Å². The number of nitrogens with one attached hydrogen (secondary N) is 1. The first-order valence-corrected chi connectivity index (χ1v) is 8.29. The standard InChI is InChI=1S/C16H22N8O2/c1-9-5-8-24(11(25)3-6-17)16(19,26)12(9)23(2)14-10-4-7-20-13(10)21-15(18)22-14/h4,7,9,12,26H,3,5,8,19H2,1-2H3,(H3,18,20,21,22). The molecule has 3 heterocycles. The molecule has 0 spiro atoms. The van der Waals surface area contributed by atoms with Gasteiger partial charge in [0.05, 0.1) is 17.5 Å². The summed E-state index contributed by atoms with van der Waals surface area (Å²) in [4.78, 5) is 26.6. The van der Waals surface area contributed by atoms with Gasteiger partial charge in [-0.1, -0.05) is 6.92 Å². The minimum absolute atomic E-state index is 0.0358. The average molecular weight is 358 g/mol. The van der Waals surface area contributed by atoms with Crippen LogP contribution in [0.2, 0.25) is 0 Å². The molecular formula is C16H22N8O2. The van der Waals surface area contributed by atoms with E-state index >= 15 is 0 Å². The molecule has 10 heteroatoms. The molecular weight excluding hydrogens is 336 g/mol. The van der Waals surface area contributed by atoms with Gasteiger partial charge in [-0.2, -0.15) is 15.2 Å². The lowest BCUT2D eigenvalue weighted by Gasteiger charge is -2.51. The van der Waals surface area contributed by atoms with Crippen molar-refractivity contribution >= 4 is 28.7 Å². The van der Waals surface area contributed by atoms with E-state index in [9.17, 15) is 9.90 Å². The fourth-order valence-electron chi connectivity index (χ4n) is 3.74. The number of piperidine rings is 1. The number of rotatable bonds is 3. The van der Waals surface area contributed by atoms with Gasteiger partial charge in [0.1, 0.15) is 17.9 Å². The van der Waals surface area contributed by atoms with Crippen LogP contribution in [0, 0.1) is 17.2 Å². The third-order valence-electron chi connectivity index (χ3n) is 4.91. The number of likely N-dealkylation sites (N-methyl/N-ethyl adjacent to an activating group) is 1. The zero-order valence-electron chi connectivity index (χ0n) is 14.7. The van der Waals surface area contributed by atoms with Crippen LogP contribution in [0.1, 0.15) is 19.8 Å². The molecule has 1 amide bonds. The first-order valence-electron chi connectivity index (χ1n) is 8.29. The molecule has 6 N–H and O–H groups in total. The Morgan fingerprint density at radius 1 is 1.62 bits per heavy atom. The number of fused-ring (bicyclic) bond motifs is 1. The van der Waals surface area contributed by atoms with Crippen molar-refractivity contribution < 1.29 is 9.90 Å². The lowest BCUT2D eigenvalue weighted by atomic mass is 9.87. The number of likely N-dealkylation sites (tertiary alicyclic amines) is 1. The minimum atomic E-state index is -1.96. The number of nitrogens with zero attached hydrogens (tertiary/aromatic N) is 5. The van der Waals surface area contributed by atoms with E-state index in [1.807, 2.05) is 13.0 Å². The Labute approximate surface area is 150 Å². The van der Waals surface area contributed by atoms with E-state index in [0.29, 0.717) is 17.9 Å². The second kappa shape index (κ2) is 6.44. The third-order valence-corrected chi connectivity index (χ3v) is 4.91. The number of anilines is 2. The molecule has 1 saturated heterocycles. The Bertz CT molecular complexity index is 871. The predicted molar refractivity (Wildman–Crippen MR) is 95.4 cm³/mol. The van der Waals surface area contributed by atoms with Crippen LogP contribution in [-0.4, -0.2) is 56.3 Å². The van der Waals surface area contributed by atoms with Crippen molar-refractivity contribution in [3.8, 4) is 6.07 Å². The minimum Gasteiger partial charge on any atom is -0.368 e. The maximum Gasteiger partial charge on any atom is 0.240 e. The number of aromatic nitrogens is 3. The predicted octanol–water partition coefficient (Wildman–Crippen LogP) is -0.268. The molecule has 0 aromatic carbocycles. The number of carbonyl (C=O) groups excluding carboxylic acids is 1. The molecule has 3 unspecified atom stereocenters. The molecule has 26 heavy (non-hydrogen) atoms. The second-order valence-electron chi connectivity index (χ2n) is 6.63. The van der Waals surface area contributed by atoms with Gasteiger partial charge < -0.3 is 20.7 Å². The van der Waals surface area contributed by atoms with Crippen molar-refractivity contribution in [2.75, 3.05) is 24.2 Å². The Morgan fingerprint density at radius 3 is 3.04 bits per heavy atom. The number of H-pyrrole nitrogens is 1. The Hall–Kier alpha value is -2.90. The lowest BCUT2D eigenvalue weighted by molar-refractivity contribution is -0.176. The topological polar surface area (TPSA) is 161 Å². The molecule has 3 rings (SSSR count). The van der Waals surface area contributed by atoms with Gasteiger partial charge in [0.2, 0.25) is 17.7 Å². The highest BCUT2D eigenvalue weighted by molar-refractivity contribution is 5.88. The molecule has 1 aliphatic heterocycles. The van der Waals surface area contributed by atoms with Gasteiger partial charge in [-0.3, -0.25) is 15.4 Å². The fourth-order valence-corrected chi connectivity index (χ4v) is 3.74. The Balaban J connectivity index is 2.03. The van der Waals surface area contributed by atoms with E-state index in [2.05, 4.69) is 15.0 Å². The molecule has 0 aliphatic carbocycles. The van der Waals surface area contributed by atoms with Crippen molar-refractivity contribution in [3.63, 3.8) is 0 Å². The van der Waals surface area contributed by atoms with E-state index in [4.69, 9.17) is 16.7 Å². The van der Waals surface area contributed by atoms with Crippen molar-refractivity contribution in [2.24, 2.45) is 11.7 Å². The van der Waals surface area contributed by atoms with Gasteiger partial charge >= 0.3 is 0 Å². The second-order valence-corrected chi connectivity index (χ2v) is 6.63. The van der Waals surface area contributed by atoms with Crippen molar-refractivity contribution in [2.45, 2.75) is 31.7 Å². The zero-order chi connectivity index (χ0) is 19.1. The van der Waals surface area contributed by atoms with Crippen LogP contribution >= 0.6 is 0 Å². The lowest BCUT2D eigenvalue weighted by Crippen LogP contribution is -2.73. The van der Waals surface area contributed by atoms with Crippen molar-refractivity contribution in [3.05, 3.63) is 12.3 Å². The van der Waals surface area contributed by atoms with Gasteiger partial charge in [-0.25, -0.2) is 0 Å². The van der Waals surface area contributed by atoms with Crippen LogP contribution in [0.25, 0.3) is 11.0 Å². The molecule has 1 aliphatic rings. The van der Waals surface area contributed by atoms with E-state index in [0.717, 1.165) is 10.3 Å². The number of hydrogen-bond acceptors (Lipinski definition) is 8. The maximum atomic E-state index is 12.2. The summed E-state index contributed by atoms with van der Waals surface area (Å²) in [6.45, 7) is 2.23. The molecule has 138 valence electrons. The molecule has 0 saturated carbocycles. The van der Waals surface area contributed by atoms with E-state index in [-0.39, 0.29) is 24.8 Å². The van der Waals surface area contributed by atoms with Crippen LogP contribution < -0.4 is 16.4 Å². The summed E-state index contributed by atoms with van der Waals surface area (Å²) in [5.41, 5.74) is 12.6. The number of carbonyl (C=O) groups is 1. The fraction of sp³-hybridized carbons (Fsp3) is 0.500. The number of aliphatic hydroxyl groups is 1. The highest BCUT2D eigenvalue weighted by Gasteiger charge is 2.50. The van der Waals surface area contributed by atoms with E-state index < -0.39 is 17.8 Å². The first-order chi connectivity index (χ1) is 12.3. The molecule has 10 nitrogen and oxygen atoms in total.